The molecule has 3 aromatic rings. The minimum atomic E-state index is -0.811. The van der Waals surface area contributed by atoms with Crippen LogP contribution in [0.25, 0.3) is 0 Å². The minimum Gasteiger partial charge on any atom is -0.346 e. The highest BCUT2D eigenvalue weighted by molar-refractivity contribution is 7.10. The number of nitrogens with one attached hydrogen (secondary N) is 2. The van der Waals surface area contributed by atoms with Gasteiger partial charge in [-0.1, -0.05) is 36.4 Å². The van der Waals surface area contributed by atoms with Crippen molar-refractivity contribution in [2.45, 2.75) is 19.0 Å². The molecule has 1 atom stereocenters. The zero-order valence-corrected chi connectivity index (χ0v) is 17.1. The third kappa shape index (κ3) is 4.75. The molecule has 0 radical (unpaired) electrons. The summed E-state index contributed by atoms with van der Waals surface area (Å²) in [6, 6.07) is 17.9. The van der Waals surface area contributed by atoms with E-state index in [1.54, 1.807) is 11.3 Å². The predicted octanol–water partition coefficient (Wildman–Crippen LogP) is 3.74. The van der Waals surface area contributed by atoms with Crippen molar-refractivity contribution in [1.82, 2.24) is 10.2 Å². The number of hydrogen-bond acceptors (Lipinski definition) is 4. The molecule has 7 heteroatoms. The van der Waals surface area contributed by atoms with Crippen LogP contribution in [0.2, 0.25) is 0 Å². The molecule has 0 saturated heterocycles. The molecule has 1 aliphatic heterocycles. The number of thiophene rings is 1. The zero-order valence-electron chi connectivity index (χ0n) is 16.3. The summed E-state index contributed by atoms with van der Waals surface area (Å²) in [4.78, 5) is 28.0. The van der Waals surface area contributed by atoms with Gasteiger partial charge in [-0.3, -0.25) is 14.5 Å². The van der Waals surface area contributed by atoms with Crippen LogP contribution in [0, 0.1) is 5.82 Å². The van der Waals surface area contributed by atoms with Gasteiger partial charge in [-0.05, 0) is 47.2 Å². The molecule has 2 aromatic carbocycles. The van der Waals surface area contributed by atoms with Crippen LogP contribution in [0.5, 0.6) is 0 Å². The lowest BCUT2D eigenvalue weighted by molar-refractivity contribution is -0.136. The van der Waals surface area contributed by atoms with Gasteiger partial charge in [0, 0.05) is 30.2 Å². The zero-order chi connectivity index (χ0) is 20.9. The van der Waals surface area contributed by atoms with Crippen LogP contribution in [-0.4, -0.2) is 29.8 Å². The standard InChI is InChI=1S/C23H22FN3O2S/c24-18-7-3-8-19(13-18)26-23(29)22(28)25-14-20(21-9-4-12-30-21)27-11-10-16-5-1-2-6-17(16)15-27/h1-9,12-13,20H,10-11,14-15H2,(H,25,28)(H,26,29). The van der Waals surface area contributed by atoms with Crippen LogP contribution in [-0.2, 0) is 22.6 Å². The van der Waals surface area contributed by atoms with Crippen molar-refractivity contribution in [2.75, 3.05) is 18.4 Å². The molecule has 4 rings (SSSR count). The summed E-state index contributed by atoms with van der Waals surface area (Å²) in [7, 11) is 0. The number of anilines is 1. The van der Waals surface area contributed by atoms with E-state index in [1.807, 2.05) is 17.5 Å². The summed E-state index contributed by atoms with van der Waals surface area (Å²) in [5.41, 5.74) is 2.90. The van der Waals surface area contributed by atoms with Gasteiger partial charge >= 0.3 is 11.8 Å². The topological polar surface area (TPSA) is 61.4 Å². The van der Waals surface area contributed by atoms with Gasteiger partial charge in [0.05, 0.1) is 6.04 Å². The number of carbonyl (C=O) groups is 2. The maximum Gasteiger partial charge on any atom is 0.313 e. The lowest BCUT2D eigenvalue weighted by Crippen LogP contribution is -2.43. The molecule has 2 heterocycles. The summed E-state index contributed by atoms with van der Waals surface area (Å²) in [6.45, 7) is 1.99. The van der Waals surface area contributed by atoms with Gasteiger partial charge in [0.15, 0.2) is 0 Å². The number of hydrogen-bond donors (Lipinski definition) is 2. The van der Waals surface area contributed by atoms with Crippen LogP contribution < -0.4 is 10.6 Å². The normalized spacial score (nSPS) is 14.6. The Morgan fingerprint density at radius 2 is 1.87 bits per heavy atom. The molecule has 0 bridgehead atoms. The molecule has 2 amide bonds. The van der Waals surface area contributed by atoms with E-state index in [1.165, 1.54) is 35.4 Å². The van der Waals surface area contributed by atoms with Crippen LogP contribution in [0.1, 0.15) is 22.0 Å². The van der Waals surface area contributed by atoms with Gasteiger partial charge in [0.2, 0.25) is 0 Å². The van der Waals surface area contributed by atoms with Gasteiger partial charge in [0.25, 0.3) is 0 Å². The molecule has 2 N–H and O–H groups in total. The largest absolute Gasteiger partial charge is 0.346 e. The third-order valence-corrected chi connectivity index (χ3v) is 6.19. The van der Waals surface area contributed by atoms with E-state index in [-0.39, 0.29) is 11.7 Å². The van der Waals surface area contributed by atoms with Crippen LogP contribution in [0.3, 0.4) is 0 Å². The molecule has 154 valence electrons. The van der Waals surface area contributed by atoms with Gasteiger partial charge in [-0.15, -0.1) is 11.3 Å². The highest BCUT2D eigenvalue weighted by Crippen LogP contribution is 2.30. The summed E-state index contributed by atoms with van der Waals surface area (Å²) in [6.07, 6.45) is 0.950. The van der Waals surface area contributed by atoms with Crippen molar-refractivity contribution in [3.8, 4) is 0 Å². The summed E-state index contributed by atoms with van der Waals surface area (Å²) < 4.78 is 13.3. The monoisotopic (exact) mass is 423 g/mol. The Labute approximate surface area is 178 Å². The Morgan fingerprint density at radius 1 is 1.03 bits per heavy atom. The van der Waals surface area contributed by atoms with Crippen molar-refractivity contribution >= 4 is 28.8 Å². The molecule has 5 nitrogen and oxygen atoms in total. The Morgan fingerprint density at radius 3 is 2.63 bits per heavy atom. The number of amides is 2. The van der Waals surface area contributed by atoms with Crippen LogP contribution >= 0.6 is 11.3 Å². The number of carbonyl (C=O) groups excluding carboxylic acids is 2. The highest BCUT2D eigenvalue weighted by Gasteiger charge is 2.26. The molecular weight excluding hydrogens is 401 g/mol. The average molecular weight is 424 g/mol. The van der Waals surface area contributed by atoms with E-state index in [0.717, 1.165) is 24.4 Å². The highest BCUT2D eigenvalue weighted by atomic mass is 32.1. The number of halogens is 1. The average Bonchev–Trinajstić information content (AvgIpc) is 3.28. The van der Waals surface area contributed by atoms with Gasteiger partial charge < -0.3 is 10.6 Å². The first-order valence-corrected chi connectivity index (χ1v) is 10.7. The van der Waals surface area contributed by atoms with Crippen molar-refractivity contribution in [3.05, 3.63) is 87.9 Å². The first-order valence-electron chi connectivity index (χ1n) is 9.79. The van der Waals surface area contributed by atoms with Gasteiger partial charge in [-0.25, -0.2) is 4.39 Å². The second-order valence-corrected chi connectivity index (χ2v) is 8.17. The Balaban J connectivity index is 1.42. The van der Waals surface area contributed by atoms with E-state index < -0.39 is 17.6 Å². The van der Waals surface area contributed by atoms with Gasteiger partial charge in [0.1, 0.15) is 5.82 Å². The van der Waals surface area contributed by atoms with E-state index in [4.69, 9.17) is 0 Å². The van der Waals surface area contributed by atoms with Crippen molar-refractivity contribution in [3.63, 3.8) is 0 Å². The maximum absolute atomic E-state index is 13.3. The maximum atomic E-state index is 13.3. The van der Waals surface area contributed by atoms with Crippen LogP contribution in [0.4, 0.5) is 10.1 Å². The minimum absolute atomic E-state index is 0.0238. The Hall–Kier alpha value is -3.03. The molecule has 0 saturated carbocycles. The number of rotatable bonds is 5. The van der Waals surface area contributed by atoms with Gasteiger partial charge in [-0.2, -0.15) is 0 Å². The molecule has 0 fully saturated rings. The molecule has 1 aliphatic rings. The molecule has 1 unspecified atom stereocenters. The second-order valence-electron chi connectivity index (χ2n) is 7.19. The van der Waals surface area contributed by atoms with Crippen LogP contribution in [0.15, 0.2) is 66.0 Å². The fourth-order valence-electron chi connectivity index (χ4n) is 3.70. The third-order valence-electron chi connectivity index (χ3n) is 5.22. The predicted molar refractivity (Wildman–Crippen MR) is 116 cm³/mol. The van der Waals surface area contributed by atoms with E-state index >= 15 is 0 Å². The molecule has 0 spiro atoms. The van der Waals surface area contributed by atoms with Crippen molar-refractivity contribution in [1.29, 1.82) is 0 Å². The van der Waals surface area contributed by atoms with E-state index in [2.05, 4.69) is 39.8 Å². The van der Waals surface area contributed by atoms with Crippen molar-refractivity contribution in [2.24, 2.45) is 0 Å². The Kier molecular flexibility index (Phi) is 6.21. The number of benzene rings is 2. The first kappa shape index (κ1) is 20.3. The number of fused-ring (bicyclic) bond motifs is 1. The summed E-state index contributed by atoms with van der Waals surface area (Å²) in [5.74, 6) is -2.02. The summed E-state index contributed by atoms with van der Waals surface area (Å²) in [5, 5.41) is 7.19. The molecular formula is C23H22FN3O2S. The summed E-state index contributed by atoms with van der Waals surface area (Å²) >= 11 is 1.64. The second kappa shape index (κ2) is 9.19. The molecule has 0 aliphatic carbocycles. The number of nitrogens with zero attached hydrogens (tertiary/aromatic N) is 1. The first-order chi connectivity index (χ1) is 14.6. The SMILES string of the molecule is O=C(NCC(c1cccs1)N1CCc2ccccc2C1)C(=O)Nc1cccc(F)c1. The van der Waals surface area contributed by atoms with E-state index in [9.17, 15) is 14.0 Å². The Bertz CT molecular complexity index is 1040. The fraction of sp³-hybridized carbons (Fsp3) is 0.217. The van der Waals surface area contributed by atoms with Crippen molar-refractivity contribution < 1.29 is 14.0 Å². The smallest absolute Gasteiger partial charge is 0.313 e. The lowest BCUT2D eigenvalue weighted by atomic mass is 9.98. The lowest BCUT2D eigenvalue weighted by Gasteiger charge is -2.35. The fourth-order valence-corrected chi connectivity index (χ4v) is 4.56. The quantitative estimate of drug-likeness (QED) is 0.615. The van der Waals surface area contributed by atoms with E-state index in [0.29, 0.717) is 6.54 Å². The molecule has 1 aromatic heterocycles. The molecule has 30 heavy (non-hydrogen) atoms.